The van der Waals surface area contributed by atoms with Gasteiger partial charge in [-0.25, -0.2) is 0 Å². The van der Waals surface area contributed by atoms with E-state index in [0.717, 1.165) is 0 Å². The Morgan fingerprint density at radius 1 is 1.23 bits per heavy atom. The maximum atomic E-state index is 2.34. The molecule has 0 radical (unpaired) electrons. The zero-order valence-corrected chi connectivity index (χ0v) is 8.89. The molecule has 1 aliphatic carbocycles. The van der Waals surface area contributed by atoms with Crippen LogP contribution in [0, 0.1) is 11.8 Å². The van der Waals surface area contributed by atoms with E-state index in [9.17, 15) is 0 Å². The minimum Gasteiger partial charge on any atom is -0.0449 e. The summed E-state index contributed by atoms with van der Waals surface area (Å²) in [6.45, 7) is 9.27. The van der Waals surface area contributed by atoms with Crippen molar-refractivity contribution >= 4 is 0 Å². The van der Waals surface area contributed by atoms with Crippen molar-refractivity contribution in [3.8, 4) is 0 Å². The quantitative estimate of drug-likeness (QED) is 0.526. The molecule has 0 nitrogen and oxygen atoms in total. The first-order chi connectivity index (χ1) is 6.05. The average Bonchev–Trinajstić information content (AvgIpc) is 2.30. The summed E-state index contributed by atoms with van der Waals surface area (Å²) < 4.78 is 0. The van der Waals surface area contributed by atoms with Gasteiger partial charge in [0.25, 0.3) is 0 Å². The summed E-state index contributed by atoms with van der Waals surface area (Å²) in [4.78, 5) is 0. The van der Waals surface area contributed by atoms with Gasteiger partial charge >= 0.3 is 0 Å². The van der Waals surface area contributed by atoms with Crippen molar-refractivity contribution in [3.05, 3.63) is 41.3 Å². The molecule has 0 heteroatoms. The Morgan fingerprint density at radius 3 is 2.46 bits per heavy atom. The van der Waals surface area contributed by atoms with Gasteiger partial charge in [0, 0.05) is 24.8 Å². The molecule has 68 valence electrons. The van der Waals surface area contributed by atoms with Gasteiger partial charge in [-0.2, -0.15) is 0 Å². The highest BCUT2D eigenvalue weighted by Crippen LogP contribution is 2.48. The average molecular weight is 173 g/mol. The second-order valence-electron chi connectivity index (χ2n) is 4.67. The van der Waals surface area contributed by atoms with Crippen LogP contribution >= 0.6 is 0 Å². The molecule has 2 rings (SSSR count). The van der Waals surface area contributed by atoms with Gasteiger partial charge in [-0.05, 0) is 39.0 Å². The summed E-state index contributed by atoms with van der Waals surface area (Å²) in [6.07, 6.45) is 0. The van der Waals surface area contributed by atoms with E-state index < -0.39 is 0 Å². The molecule has 1 atom stereocenters. The van der Waals surface area contributed by atoms with Crippen LogP contribution in [-0.4, -0.2) is 0 Å². The van der Waals surface area contributed by atoms with Crippen LogP contribution in [0.15, 0.2) is 24.3 Å². The van der Waals surface area contributed by atoms with E-state index >= 15 is 0 Å². The highest BCUT2D eigenvalue weighted by molar-refractivity contribution is 5.49. The van der Waals surface area contributed by atoms with Gasteiger partial charge in [0.05, 0.1) is 11.0 Å². The van der Waals surface area contributed by atoms with E-state index in [0.29, 0.717) is 11.3 Å². The maximum absolute atomic E-state index is 2.34. The first-order valence-electron chi connectivity index (χ1n) is 4.98. The Labute approximate surface area is 81.0 Å². The molecule has 13 heavy (non-hydrogen) atoms. The highest BCUT2D eigenvalue weighted by Gasteiger charge is 2.48. The number of fused-ring (bicyclic) bond motifs is 1. The molecule has 0 N–H and O–H groups in total. The minimum absolute atomic E-state index is 0.320. The third kappa shape index (κ3) is 1.01. The van der Waals surface area contributed by atoms with Crippen LogP contribution in [0.1, 0.15) is 38.8 Å². The zero-order valence-electron chi connectivity index (χ0n) is 8.89. The van der Waals surface area contributed by atoms with Crippen LogP contribution in [0.25, 0.3) is 0 Å². The second-order valence-corrected chi connectivity index (χ2v) is 4.67. The Bertz CT molecular complexity index is 323. The molecule has 0 amide bonds. The Morgan fingerprint density at radius 2 is 1.85 bits per heavy atom. The van der Waals surface area contributed by atoms with Crippen LogP contribution in [0.4, 0.5) is 0 Å². The van der Waals surface area contributed by atoms with E-state index in [2.05, 4.69) is 52.0 Å². The standard InChI is InChI=1S/C13H17/c1-9-10(2)13(3,4)12-8-6-5-7-11(9)12/h5-8,10H,1-4H3/q+1. The summed E-state index contributed by atoms with van der Waals surface area (Å²) >= 11 is 0. The summed E-state index contributed by atoms with van der Waals surface area (Å²) in [5, 5.41) is 0. The van der Waals surface area contributed by atoms with E-state index in [4.69, 9.17) is 0 Å². The summed E-state index contributed by atoms with van der Waals surface area (Å²) in [7, 11) is 0. The van der Waals surface area contributed by atoms with Crippen LogP contribution in [-0.2, 0) is 5.41 Å². The van der Waals surface area contributed by atoms with Gasteiger partial charge in [0.1, 0.15) is 5.56 Å². The van der Waals surface area contributed by atoms with Gasteiger partial charge < -0.3 is 0 Å². The summed E-state index contributed by atoms with van der Waals surface area (Å²) in [6, 6.07) is 8.79. The molecule has 0 aliphatic heterocycles. The van der Waals surface area contributed by atoms with Gasteiger partial charge in [-0.1, -0.05) is 0 Å². The van der Waals surface area contributed by atoms with Gasteiger partial charge in [-0.15, -0.1) is 0 Å². The zero-order chi connectivity index (χ0) is 9.64. The third-order valence-corrected chi connectivity index (χ3v) is 3.78. The molecular formula is C13H17+. The Kier molecular flexibility index (Phi) is 1.69. The fourth-order valence-corrected chi connectivity index (χ4v) is 2.40. The second kappa shape index (κ2) is 2.54. The van der Waals surface area contributed by atoms with Gasteiger partial charge in [0.15, 0.2) is 0 Å². The molecule has 0 spiro atoms. The lowest BCUT2D eigenvalue weighted by molar-refractivity contribution is 0.398. The lowest BCUT2D eigenvalue weighted by Crippen LogP contribution is -2.22. The summed E-state index contributed by atoms with van der Waals surface area (Å²) in [5.41, 5.74) is 3.31. The van der Waals surface area contributed by atoms with E-state index in [1.807, 2.05) is 0 Å². The first kappa shape index (κ1) is 8.68. The largest absolute Gasteiger partial charge is 0.136 e. The molecule has 0 aromatic heterocycles. The molecule has 0 heterocycles. The Hall–Kier alpha value is -0.910. The summed E-state index contributed by atoms with van der Waals surface area (Å²) in [5.74, 6) is 2.21. The van der Waals surface area contributed by atoms with E-state index in [1.165, 1.54) is 11.1 Å². The van der Waals surface area contributed by atoms with Crippen LogP contribution in [0.2, 0.25) is 0 Å². The normalized spacial score (nSPS) is 24.6. The van der Waals surface area contributed by atoms with Crippen molar-refractivity contribution in [1.29, 1.82) is 0 Å². The lowest BCUT2D eigenvalue weighted by atomic mass is 9.78. The van der Waals surface area contributed by atoms with Crippen LogP contribution < -0.4 is 0 Å². The van der Waals surface area contributed by atoms with Crippen LogP contribution in [0.5, 0.6) is 0 Å². The van der Waals surface area contributed by atoms with E-state index in [-0.39, 0.29) is 0 Å². The molecule has 1 unspecified atom stereocenters. The smallest absolute Gasteiger partial charge is 0.0449 e. The van der Waals surface area contributed by atoms with Crippen molar-refractivity contribution in [2.75, 3.05) is 0 Å². The predicted molar refractivity (Wildman–Crippen MR) is 56.7 cm³/mol. The van der Waals surface area contributed by atoms with E-state index in [1.54, 1.807) is 5.92 Å². The number of benzene rings is 1. The molecule has 0 fully saturated rings. The Balaban J connectivity index is 2.61. The molecule has 0 bridgehead atoms. The minimum atomic E-state index is 0.320. The molecular weight excluding hydrogens is 156 g/mol. The fraction of sp³-hybridized carbons (Fsp3) is 0.462. The monoisotopic (exact) mass is 173 g/mol. The van der Waals surface area contributed by atoms with Crippen LogP contribution in [0.3, 0.4) is 0 Å². The molecule has 1 aromatic carbocycles. The van der Waals surface area contributed by atoms with Crippen molar-refractivity contribution < 1.29 is 0 Å². The van der Waals surface area contributed by atoms with Crippen molar-refractivity contribution in [2.45, 2.75) is 33.1 Å². The number of rotatable bonds is 0. The fourth-order valence-electron chi connectivity index (χ4n) is 2.40. The molecule has 0 saturated heterocycles. The number of hydrogen-bond donors (Lipinski definition) is 0. The SMILES string of the molecule is C[C+]1c2ccccc2C(C)(C)C1C. The van der Waals surface area contributed by atoms with Gasteiger partial charge in [-0.3, -0.25) is 0 Å². The topological polar surface area (TPSA) is 0 Å². The predicted octanol–water partition coefficient (Wildman–Crippen LogP) is 3.56. The highest BCUT2D eigenvalue weighted by atomic mass is 14.4. The molecule has 0 saturated carbocycles. The third-order valence-electron chi connectivity index (χ3n) is 3.78. The van der Waals surface area contributed by atoms with Crippen molar-refractivity contribution in [2.24, 2.45) is 5.92 Å². The first-order valence-corrected chi connectivity index (χ1v) is 4.98. The van der Waals surface area contributed by atoms with Crippen molar-refractivity contribution in [3.63, 3.8) is 0 Å². The lowest BCUT2D eigenvalue weighted by Gasteiger charge is -2.21. The van der Waals surface area contributed by atoms with Gasteiger partial charge in [0.2, 0.25) is 0 Å². The molecule has 1 aromatic rings. The number of hydrogen-bond acceptors (Lipinski definition) is 0. The van der Waals surface area contributed by atoms with Crippen molar-refractivity contribution in [1.82, 2.24) is 0 Å². The molecule has 1 aliphatic rings. The maximum Gasteiger partial charge on any atom is 0.136 e.